The molecule has 0 aliphatic carbocycles. The third-order valence-electron chi connectivity index (χ3n) is 1.27. The van der Waals surface area contributed by atoms with Crippen molar-refractivity contribution in [2.75, 3.05) is 6.66 Å². The first-order valence-corrected chi connectivity index (χ1v) is 5.95. The highest BCUT2D eigenvalue weighted by molar-refractivity contribution is 7.63. The van der Waals surface area contributed by atoms with Crippen LogP contribution in [0.25, 0.3) is 0 Å². The molecule has 0 bridgehead atoms. The maximum atomic E-state index is 11.7. The molecular formula is C8H14NO3P. The van der Waals surface area contributed by atoms with Crippen LogP contribution in [0.5, 0.6) is 0 Å². The monoisotopic (exact) mass is 203 g/mol. The Balaban J connectivity index is 4.95. The van der Waals surface area contributed by atoms with Crippen LogP contribution in [-0.2, 0) is 9.09 Å². The Morgan fingerprint density at radius 1 is 1.62 bits per heavy atom. The predicted molar refractivity (Wildman–Crippen MR) is 50.7 cm³/mol. The molecule has 4 nitrogen and oxygen atoms in total. The van der Waals surface area contributed by atoms with Gasteiger partial charge in [0.2, 0.25) is 7.37 Å². The summed E-state index contributed by atoms with van der Waals surface area (Å²) in [5.74, 6) is -0.242. The fourth-order valence-corrected chi connectivity index (χ4v) is 2.60. The molecule has 0 aromatic rings. The lowest BCUT2D eigenvalue weighted by atomic mass is 10.5. The predicted octanol–water partition coefficient (Wildman–Crippen LogP) is 2.63. The summed E-state index contributed by atoms with van der Waals surface area (Å²) in [5, 5.41) is 17.5. The van der Waals surface area contributed by atoms with Gasteiger partial charge in [0, 0.05) is 6.66 Å². The third kappa shape index (κ3) is 3.63. The number of rotatable bonds is 3. The Bertz CT molecular complexity index is 297. The second-order valence-corrected chi connectivity index (χ2v) is 5.40. The number of aliphatic hydroxyl groups excluding tert-OH is 1. The van der Waals surface area contributed by atoms with E-state index in [1.165, 1.54) is 13.6 Å². The van der Waals surface area contributed by atoms with Crippen molar-refractivity contribution in [3.8, 4) is 6.07 Å². The van der Waals surface area contributed by atoms with E-state index < -0.39 is 7.37 Å². The Labute approximate surface area is 78.3 Å². The molecule has 0 aromatic carbocycles. The fourth-order valence-electron chi connectivity index (χ4n) is 0.921. The minimum absolute atomic E-state index is 0.166. The molecule has 0 saturated carbocycles. The number of aliphatic hydroxyl groups is 1. The Kier molecular flexibility index (Phi) is 4.19. The first-order chi connectivity index (χ1) is 5.81. The second kappa shape index (κ2) is 4.45. The summed E-state index contributed by atoms with van der Waals surface area (Å²) < 4.78 is 16.8. The van der Waals surface area contributed by atoms with Crippen molar-refractivity contribution < 1.29 is 14.2 Å². The van der Waals surface area contributed by atoms with Crippen LogP contribution in [0.2, 0.25) is 0 Å². The van der Waals surface area contributed by atoms with Gasteiger partial charge in [-0.2, -0.15) is 5.26 Å². The van der Waals surface area contributed by atoms with Gasteiger partial charge >= 0.3 is 0 Å². The van der Waals surface area contributed by atoms with Crippen LogP contribution in [-0.4, -0.2) is 17.9 Å². The summed E-state index contributed by atoms with van der Waals surface area (Å²) in [6.07, 6.45) is -0.237. The van der Waals surface area contributed by atoms with Crippen LogP contribution in [0, 0.1) is 11.3 Å². The third-order valence-corrected chi connectivity index (χ3v) is 3.33. The molecule has 0 rings (SSSR count). The quantitative estimate of drug-likeness (QED) is 0.434. The van der Waals surface area contributed by atoms with Crippen LogP contribution in [0.15, 0.2) is 11.1 Å². The number of allylic oxidation sites excluding steroid dienone is 2. The number of hydrogen-bond acceptors (Lipinski definition) is 4. The maximum absolute atomic E-state index is 11.7. The lowest BCUT2D eigenvalue weighted by molar-refractivity contribution is 0.249. The second-order valence-electron chi connectivity index (χ2n) is 3.05. The van der Waals surface area contributed by atoms with E-state index in [0.29, 0.717) is 0 Å². The Morgan fingerprint density at radius 2 is 2.08 bits per heavy atom. The zero-order valence-electron chi connectivity index (χ0n) is 8.24. The normalized spacial score (nSPS) is 17.5. The molecule has 0 aromatic heterocycles. The molecule has 13 heavy (non-hydrogen) atoms. The van der Waals surface area contributed by atoms with Crippen molar-refractivity contribution >= 4 is 7.37 Å². The van der Waals surface area contributed by atoms with Gasteiger partial charge in [0.1, 0.15) is 11.8 Å². The molecule has 0 saturated heterocycles. The molecule has 0 aliphatic heterocycles. The maximum Gasteiger partial charge on any atom is 0.243 e. The van der Waals surface area contributed by atoms with Crippen LogP contribution >= 0.6 is 7.37 Å². The summed E-state index contributed by atoms with van der Waals surface area (Å²) >= 11 is 0. The van der Waals surface area contributed by atoms with E-state index in [9.17, 15) is 4.57 Å². The molecule has 74 valence electrons. The highest BCUT2D eigenvalue weighted by Crippen LogP contribution is 2.52. The van der Waals surface area contributed by atoms with Gasteiger partial charge in [-0.05, 0) is 20.8 Å². The van der Waals surface area contributed by atoms with E-state index in [-0.39, 0.29) is 17.2 Å². The van der Waals surface area contributed by atoms with Gasteiger partial charge in [0.05, 0.1) is 6.10 Å². The van der Waals surface area contributed by atoms with E-state index in [4.69, 9.17) is 14.9 Å². The van der Waals surface area contributed by atoms with Crippen molar-refractivity contribution in [2.24, 2.45) is 0 Å². The molecule has 1 unspecified atom stereocenters. The molecule has 5 heteroatoms. The minimum atomic E-state index is -3.15. The highest BCUT2D eigenvalue weighted by atomic mass is 31.2. The summed E-state index contributed by atoms with van der Waals surface area (Å²) in [6.45, 7) is 6.08. The average Bonchev–Trinajstić information content (AvgIpc) is 1.82. The van der Waals surface area contributed by atoms with Gasteiger partial charge in [0.25, 0.3) is 0 Å². The van der Waals surface area contributed by atoms with Crippen molar-refractivity contribution in [3.63, 3.8) is 0 Å². The Morgan fingerprint density at radius 3 is 2.31 bits per heavy atom. The van der Waals surface area contributed by atoms with E-state index >= 15 is 0 Å². The van der Waals surface area contributed by atoms with Crippen molar-refractivity contribution in [2.45, 2.75) is 26.9 Å². The molecular weight excluding hydrogens is 189 g/mol. The van der Waals surface area contributed by atoms with E-state index in [0.717, 1.165) is 0 Å². The Hall–Kier alpha value is -0.780. The van der Waals surface area contributed by atoms with Crippen LogP contribution in [0.3, 0.4) is 0 Å². The summed E-state index contributed by atoms with van der Waals surface area (Å²) in [7, 11) is -3.15. The molecule has 0 radical (unpaired) electrons. The molecule has 1 N–H and O–H groups in total. The standard InChI is InChI=1S/C8H14NO3P/c1-6(2)12-13(4,11)8(5-9)7(3)10/h6,10H,1-4H3/b8-7-. The molecule has 0 heterocycles. The van der Waals surface area contributed by atoms with Crippen molar-refractivity contribution in [1.82, 2.24) is 0 Å². The van der Waals surface area contributed by atoms with Crippen molar-refractivity contribution in [3.05, 3.63) is 11.1 Å². The lowest BCUT2D eigenvalue weighted by Gasteiger charge is -2.15. The summed E-state index contributed by atoms with van der Waals surface area (Å²) in [5.41, 5.74) is 0. The van der Waals surface area contributed by atoms with Crippen LogP contribution in [0.1, 0.15) is 20.8 Å². The first kappa shape index (κ1) is 12.2. The van der Waals surface area contributed by atoms with Gasteiger partial charge in [-0.1, -0.05) is 0 Å². The summed E-state index contributed by atoms with van der Waals surface area (Å²) in [6, 6.07) is 1.69. The van der Waals surface area contributed by atoms with E-state index in [2.05, 4.69) is 0 Å². The van der Waals surface area contributed by atoms with Gasteiger partial charge in [-0.25, -0.2) is 0 Å². The van der Waals surface area contributed by atoms with E-state index in [1.54, 1.807) is 19.9 Å². The minimum Gasteiger partial charge on any atom is -0.511 e. The zero-order valence-corrected chi connectivity index (χ0v) is 9.13. The van der Waals surface area contributed by atoms with Gasteiger partial charge < -0.3 is 9.63 Å². The molecule has 0 amide bonds. The number of hydrogen-bond donors (Lipinski definition) is 1. The van der Waals surface area contributed by atoms with E-state index in [1.807, 2.05) is 0 Å². The molecule has 0 spiro atoms. The molecule has 0 aliphatic rings. The van der Waals surface area contributed by atoms with Gasteiger partial charge in [-0.15, -0.1) is 0 Å². The topological polar surface area (TPSA) is 70.3 Å². The van der Waals surface area contributed by atoms with Crippen molar-refractivity contribution in [1.29, 1.82) is 5.26 Å². The molecule has 0 fully saturated rings. The first-order valence-electron chi connectivity index (χ1n) is 3.87. The number of nitriles is 1. The molecule has 1 atom stereocenters. The zero-order chi connectivity index (χ0) is 10.6. The van der Waals surface area contributed by atoms with Gasteiger partial charge in [-0.3, -0.25) is 4.57 Å². The fraction of sp³-hybridized carbons (Fsp3) is 0.625. The summed E-state index contributed by atoms with van der Waals surface area (Å²) in [4.78, 5) is 0. The number of nitrogens with zero attached hydrogens (tertiary/aromatic N) is 1. The highest BCUT2D eigenvalue weighted by Gasteiger charge is 2.26. The SMILES string of the molecule is C/C(O)=C(\C#N)P(C)(=O)OC(C)C. The van der Waals surface area contributed by atoms with Crippen LogP contribution < -0.4 is 0 Å². The average molecular weight is 203 g/mol. The van der Waals surface area contributed by atoms with Gasteiger partial charge in [0.15, 0.2) is 5.31 Å². The smallest absolute Gasteiger partial charge is 0.243 e. The lowest BCUT2D eigenvalue weighted by Crippen LogP contribution is -2.01. The van der Waals surface area contributed by atoms with Crippen LogP contribution in [0.4, 0.5) is 0 Å². The largest absolute Gasteiger partial charge is 0.511 e.